The molecule has 13 heavy (non-hydrogen) atoms. The molecule has 0 bridgehead atoms. The van der Waals surface area contributed by atoms with E-state index in [1.54, 1.807) is 17.1 Å². The van der Waals surface area contributed by atoms with Crippen molar-refractivity contribution < 1.29 is 9.90 Å². The van der Waals surface area contributed by atoms with Crippen LogP contribution in [0.2, 0.25) is 0 Å². The second-order valence-corrected chi connectivity index (χ2v) is 2.64. The van der Waals surface area contributed by atoms with Crippen molar-refractivity contribution in [1.82, 2.24) is 9.78 Å². The maximum atomic E-state index is 10.2. The van der Waals surface area contributed by atoms with E-state index in [-0.39, 0.29) is 6.42 Å². The third-order valence-electron chi connectivity index (χ3n) is 1.57. The van der Waals surface area contributed by atoms with Gasteiger partial charge in [-0.15, -0.1) is 6.42 Å². The Balaban J connectivity index is 2.50. The maximum Gasteiger partial charge on any atom is 0.303 e. The molecule has 4 nitrogen and oxygen atoms in total. The fraction of sp³-hybridized carbons (Fsp3) is 0.333. The van der Waals surface area contributed by atoms with Gasteiger partial charge in [-0.2, -0.15) is 5.10 Å². The van der Waals surface area contributed by atoms with E-state index >= 15 is 0 Å². The van der Waals surface area contributed by atoms with Gasteiger partial charge in [0.05, 0.1) is 6.20 Å². The van der Waals surface area contributed by atoms with Gasteiger partial charge in [0.25, 0.3) is 0 Å². The average molecular weight is 178 g/mol. The van der Waals surface area contributed by atoms with Crippen LogP contribution in [0.15, 0.2) is 12.4 Å². The summed E-state index contributed by atoms with van der Waals surface area (Å²) in [6.45, 7) is 0.424. The van der Waals surface area contributed by atoms with Crippen molar-refractivity contribution in [2.24, 2.45) is 0 Å². The van der Waals surface area contributed by atoms with Gasteiger partial charge in [-0.05, 0) is 12.0 Å². The van der Waals surface area contributed by atoms with E-state index in [0.29, 0.717) is 13.0 Å². The van der Waals surface area contributed by atoms with Crippen molar-refractivity contribution >= 4 is 5.97 Å². The van der Waals surface area contributed by atoms with Gasteiger partial charge in [0.2, 0.25) is 0 Å². The molecule has 1 heterocycles. The van der Waals surface area contributed by atoms with Crippen LogP contribution in [-0.2, 0) is 17.8 Å². The Kier molecular flexibility index (Phi) is 3.09. The standard InChI is InChI=1S/C9H10N2O2/c1-2-5-11-7-8(6-10-11)3-4-9(12)13/h1,6-7H,3-5H2,(H,12,13). The van der Waals surface area contributed by atoms with Gasteiger partial charge in [0.1, 0.15) is 6.54 Å². The lowest BCUT2D eigenvalue weighted by Crippen LogP contribution is -1.97. The Morgan fingerprint density at radius 3 is 3.15 bits per heavy atom. The Bertz CT molecular complexity index is 336. The molecule has 0 atom stereocenters. The third kappa shape index (κ3) is 2.99. The van der Waals surface area contributed by atoms with Crippen LogP contribution in [0.5, 0.6) is 0 Å². The first-order chi connectivity index (χ1) is 6.22. The van der Waals surface area contributed by atoms with Crippen molar-refractivity contribution in [2.45, 2.75) is 19.4 Å². The van der Waals surface area contributed by atoms with Crippen LogP contribution in [0.4, 0.5) is 0 Å². The summed E-state index contributed by atoms with van der Waals surface area (Å²) in [6.07, 6.45) is 9.12. The number of aliphatic carboxylic acids is 1. The molecule has 4 heteroatoms. The van der Waals surface area contributed by atoms with Crippen LogP contribution in [0, 0.1) is 12.3 Å². The molecule has 0 amide bonds. The van der Waals surface area contributed by atoms with E-state index in [1.165, 1.54) is 0 Å². The number of rotatable bonds is 4. The SMILES string of the molecule is C#CCn1cc(CCC(=O)O)cn1. The summed E-state index contributed by atoms with van der Waals surface area (Å²) < 4.78 is 1.61. The zero-order chi connectivity index (χ0) is 9.68. The van der Waals surface area contributed by atoms with E-state index in [0.717, 1.165) is 5.56 Å². The first-order valence-electron chi connectivity index (χ1n) is 3.89. The number of terminal acetylenes is 1. The fourth-order valence-electron chi connectivity index (χ4n) is 0.967. The molecule has 1 aromatic heterocycles. The number of hydrogen-bond acceptors (Lipinski definition) is 2. The fourth-order valence-corrected chi connectivity index (χ4v) is 0.967. The van der Waals surface area contributed by atoms with Gasteiger partial charge < -0.3 is 5.11 Å². The average Bonchev–Trinajstić information content (AvgIpc) is 2.50. The highest BCUT2D eigenvalue weighted by molar-refractivity contribution is 5.67. The summed E-state index contributed by atoms with van der Waals surface area (Å²) in [7, 11) is 0. The normalized spacial score (nSPS) is 9.46. The molecule has 1 aromatic rings. The highest BCUT2D eigenvalue weighted by atomic mass is 16.4. The lowest BCUT2D eigenvalue weighted by Gasteiger charge is -1.91. The Hall–Kier alpha value is -1.76. The highest BCUT2D eigenvalue weighted by Gasteiger charge is 2.01. The van der Waals surface area contributed by atoms with Crippen LogP contribution in [0.1, 0.15) is 12.0 Å². The van der Waals surface area contributed by atoms with Crippen molar-refractivity contribution in [3.63, 3.8) is 0 Å². The monoisotopic (exact) mass is 178 g/mol. The molecule has 0 unspecified atom stereocenters. The number of aryl methyl sites for hydroxylation is 1. The molecule has 0 aliphatic carbocycles. The van der Waals surface area contributed by atoms with Crippen molar-refractivity contribution in [3.8, 4) is 12.3 Å². The summed E-state index contributed by atoms with van der Waals surface area (Å²) in [5, 5.41) is 12.4. The zero-order valence-electron chi connectivity index (χ0n) is 7.10. The zero-order valence-corrected chi connectivity index (χ0v) is 7.10. The van der Waals surface area contributed by atoms with Crippen LogP contribution < -0.4 is 0 Å². The molecule has 0 saturated carbocycles. The quantitative estimate of drug-likeness (QED) is 0.684. The minimum Gasteiger partial charge on any atom is -0.481 e. The summed E-state index contributed by atoms with van der Waals surface area (Å²) in [6, 6.07) is 0. The maximum absolute atomic E-state index is 10.2. The molecule has 0 radical (unpaired) electrons. The topological polar surface area (TPSA) is 55.1 Å². The number of carboxylic acid groups (broad SMARTS) is 1. The predicted octanol–water partition coefficient (Wildman–Crippen LogP) is 0.534. The van der Waals surface area contributed by atoms with Crippen LogP contribution in [0.3, 0.4) is 0 Å². The first-order valence-corrected chi connectivity index (χ1v) is 3.89. The third-order valence-corrected chi connectivity index (χ3v) is 1.57. The smallest absolute Gasteiger partial charge is 0.303 e. The number of carboxylic acids is 1. The molecule has 0 aromatic carbocycles. The number of nitrogens with zero attached hydrogens (tertiary/aromatic N) is 2. The van der Waals surface area contributed by atoms with Crippen molar-refractivity contribution in [3.05, 3.63) is 18.0 Å². The van der Waals surface area contributed by atoms with Crippen molar-refractivity contribution in [2.75, 3.05) is 0 Å². The van der Waals surface area contributed by atoms with Crippen molar-refractivity contribution in [1.29, 1.82) is 0 Å². The molecule has 0 spiro atoms. The van der Waals surface area contributed by atoms with Gasteiger partial charge >= 0.3 is 5.97 Å². The van der Waals surface area contributed by atoms with Crippen LogP contribution >= 0.6 is 0 Å². The van der Waals surface area contributed by atoms with E-state index in [9.17, 15) is 4.79 Å². The lowest BCUT2D eigenvalue weighted by atomic mass is 10.2. The van der Waals surface area contributed by atoms with E-state index in [4.69, 9.17) is 11.5 Å². The van der Waals surface area contributed by atoms with Gasteiger partial charge in [-0.3, -0.25) is 9.48 Å². The minimum atomic E-state index is -0.801. The molecule has 0 aliphatic heterocycles. The summed E-state index contributed by atoms with van der Waals surface area (Å²) in [5.74, 6) is 1.65. The number of carbonyl (C=O) groups is 1. The van der Waals surface area contributed by atoms with Gasteiger partial charge in [-0.25, -0.2) is 0 Å². The Morgan fingerprint density at radius 1 is 1.77 bits per heavy atom. The van der Waals surface area contributed by atoms with Gasteiger partial charge in [0, 0.05) is 12.6 Å². The largest absolute Gasteiger partial charge is 0.481 e. The van der Waals surface area contributed by atoms with E-state index < -0.39 is 5.97 Å². The Labute approximate surface area is 76.2 Å². The number of hydrogen-bond donors (Lipinski definition) is 1. The van der Waals surface area contributed by atoms with E-state index in [2.05, 4.69) is 11.0 Å². The van der Waals surface area contributed by atoms with Gasteiger partial charge in [-0.1, -0.05) is 5.92 Å². The summed E-state index contributed by atoms with van der Waals surface area (Å²) >= 11 is 0. The number of aromatic nitrogens is 2. The second-order valence-electron chi connectivity index (χ2n) is 2.64. The first kappa shape index (κ1) is 9.33. The molecule has 0 saturated heterocycles. The van der Waals surface area contributed by atoms with Gasteiger partial charge in [0.15, 0.2) is 0 Å². The molecular formula is C9H10N2O2. The summed E-state index contributed by atoms with van der Waals surface area (Å²) in [4.78, 5) is 10.2. The molecule has 68 valence electrons. The molecular weight excluding hydrogens is 168 g/mol. The summed E-state index contributed by atoms with van der Waals surface area (Å²) in [5.41, 5.74) is 0.901. The van der Waals surface area contributed by atoms with E-state index in [1.807, 2.05) is 0 Å². The Morgan fingerprint density at radius 2 is 2.54 bits per heavy atom. The van der Waals surface area contributed by atoms with Crippen LogP contribution in [0.25, 0.3) is 0 Å². The molecule has 1 rings (SSSR count). The second kappa shape index (κ2) is 4.31. The van der Waals surface area contributed by atoms with Crippen LogP contribution in [-0.4, -0.2) is 20.9 Å². The molecule has 1 N–H and O–H groups in total. The molecule has 0 fully saturated rings. The lowest BCUT2D eigenvalue weighted by molar-refractivity contribution is -0.136. The predicted molar refractivity (Wildman–Crippen MR) is 47.0 cm³/mol. The minimum absolute atomic E-state index is 0.127. The highest BCUT2D eigenvalue weighted by Crippen LogP contribution is 2.01. The molecule has 0 aliphatic rings.